The number of aryl methyl sites for hydroxylation is 1. The highest BCUT2D eigenvalue weighted by molar-refractivity contribution is 7.89. The molecule has 114 valence electrons. The molecule has 1 heterocycles. The van der Waals surface area contributed by atoms with E-state index in [2.05, 4.69) is 10.0 Å². The third kappa shape index (κ3) is 4.09. The van der Waals surface area contributed by atoms with E-state index in [0.717, 1.165) is 17.0 Å². The van der Waals surface area contributed by atoms with Crippen LogP contribution in [0.3, 0.4) is 0 Å². The fourth-order valence-electron chi connectivity index (χ4n) is 1.92. The first kappa shape index (κ1) is 15.6. The first-order valence-electron chi connectivity index (χ1n) is 6.78. The summed E-state index contributed by atoms with van der Waals surface area (Å²) in [7, 11) is -3.43. The van der Waals surface area contributed by atoms with Crippen molar-refractivity contribution in [1.29, 1.82) is 0 Å². The highest BCUT2D eigenvalue weighted by atomic mass is 32.2. The zero-order valence-corrected chi connectivity index (χ0v) is 13.2. The molecular weight excluding hydrogens is 288 g/mol. The van der Waals surface area contributed by atoms with Gasteiger partial charge < -0.3 is 9.73 Å². The van der Waals surface area contributed by atoms with Crippen LogP contribution in [0.4, 0.5) is 5.69 Å². The summed E-state index contributed by atoms with van der Waals surface area (Å²) >= 11 is 0. The lowest BCUT2D eigenvalue weighted by Gasteiger charge is -2.10. The van der Waals surface area contributed by atoms with Gasteiger partial charge in [0.15, 0.2) is 0 Å². The summed E-state index contributed by atoms with van der Waals surface area (Å²) in [5.41, 5.74) is 1.94. The monoisotopic (exact) mass is 308 g/mol. The van der Waals surface area contributed by atoms with Crippen LogP contribution in [0, 0.1) is 6.92 Å². The number of furan rings is 1. The summed E-state index contributed by atoms with van der Waals surface area (Å²) in [4.78, 5) is 0.265. The Morgan fingerprint density at radius 3 is 2.33 bits per heavy atom. The Kier molecular flexibility index (Phi) is 4.69. The van der Waals surface area contributed by atoms with E-state index in [9.17, 15) is 8.42 Å². The molecule has 1 aromatic heterocycles. The number of rotatable bonds is 6. The number of benzene rings is 1. The molecule has 0 spiro atoms. The van der Waals surface area contributed by atoms with Crippen molar-refractivity contribution in [3.63, 3.8) is 0 Å². The Hall–Kier alpha value is -1.79. The van der Waals surface area contributed by atoms with E-state index in [1.807, 2.05) is 13.0 Å². The highest BCUT2D eigenvalue weighted by Crippen LogP contribution is 2.16. The molecule has 2 aromatic rings. The molecule has 5 nitrogen and oxygen atoms in total. The largest absolute Gasteiger partial charge is 0.469 e. The van der Waals surface area contributed by atoms with Gasteiger partial charge in [-0.25, -0.2) is 13.1 Å². The first-order chi connectivity index (χ1) is 9.88. The summed E-state index contributed by atoms with van der Waals surface area (Å²) in [6, 6.07) is 8.48. The predicted octanol–water partition coefficient (Wildman–Crippen LogP) is 2.89. The molecular formula is C15H20N2O3S. The van der Waals surface area contributed by atoms with Crippen LogP contribution >= 0.6 is 0 Å². The molecule has 21 heavy (non-hydrogen) atoms. The maximum Gasteiger partial charge on any atom is 0.240 e. The lowest BCUT2D eigenvalue weighted by molar-refractivity contribution is 0.530. The molecule has 0 radical (unpaired) electrons. The Balaban J connectivity index is 2.04. The molecule has 0 unspecified atom stereocenters. The summed E-state index contributed by atoms with van der Waals surface area (Å²) < 4.78 is 31.8. The van der Waals surface area contributed by atoms with Crippen LogP contribution in [-0.2, 0) is 16.6 Å². The van der Waals surface area contributed by atoms with Crippen molar-refractivity contribution in [2.24, 2.45) is 0 Å². The number of nitrogens with one attached hydrogen (secondary N) is 2. The first-order valence-corrected chi connectivity index (χ1v) is 8.26. The molecule has 0 fully saturated rings. The molecule has 0 atom stereocenters. The van der Waals surface area contributed by atoms with Gasteiger partial charge in [0.1, 0.15) is 5.76 Å². The normalized spacial score (nSPS) is 11.8. The average Bonchev–Trinajstić information content (AvgIpc) is 2.81. The molecule has 2 N–H and O–H groups in total. The predicted molar refractivity (Wildman–Crippen MR) is 82.7 cm³/mol. The van der Waals surface area contributed by atoms with Crippen molar-refractivity contribution in [2.75, 3.05) is 5.32 Å². The number of sulfonamides is 1. The van der Waals surface area contributed by atoms with Crippen molar-refractivity contribution < 1.29 is 12.8 Å². The second-order valence-electron chi connectivity index (χ2n) is 5.16. The van der Waals surface area contributed by atoms with Gasteiger partial charge in [0.05, 0.1) is 11.2 Å². The molecule has 0 amide bonds. The summed E-state index contributed by atoms with van der Waals surface area (Å²) in [5.74, 6) is 0.878. The smallest absolute Gasteiger partial charge is 0.240 e. The fourth-order valence-corrected chi connectivity index (χ4v) is 3.17. The molecule has 0 aliphatic carbocycles. The Morgan fingerprint density at radius 2 is 1.81 bits per heavy atom. The third-order valence-corrected chi connectivity index (χ3v) is 4.68. The summed E-state index contributed by atoms with van der Waals surface area (Å²) in [6.45, 7) is 6.13. The Morgan fingerprint density at radius 1 is 1.14 bits per heavy atom. The van der Waals surface area contributed by atoms with Gasteiger partial charge in [0.25, 0.3) is 0 Å². The quantitative estimate of drug-likeness (QED) is 0.861. The van der Waals surface area contributed by atoms with Crippen LogP contribution in [0.15, 0.2) is 45.9 Å². The highest BCUT2D eigenvalue weighted by Gasteiger charge is 2.14. The molecule has 0 aliphatic rings. The number of hydrogen-bond donors (Lipinski definition) is 2. The maximum absolute atomic E-state index is 12.0. The van der Waals surface area contributed by atoms with E-state index in [1.165, 1.54) is 0 Å². The molecule has 0 saturated carbocycles. The van der Waals surface area contributed by atoms with E-state index in [4.69, 9.17) is 4.42 Å². The second kappa shape index (κ2) is 6.32. The molecule has 0 saturated heterocycles. The van der Waals surface area contributed by atoms with Crippen LogP contribution < -0.4 is 10.0 Å². The van der Waals surface area contributed by atoms with Crippen LogP contribution in [0.25, 0.3) is 0 Å². The van der Waals surface area contributed by atoms with Gasteiger partial charge in [-0.3, -0.25) is 0 Å². The zero-order valence-electron chi connectivity index (χ0n) is 12.4. The van der Waals surface area contributed by atoms with Crippen LogP contribution in [0.5, 0.6) is 0 Å². The van der Waals surface area contributed by atoms with Gasteiger partial charge in [-0.05, 0) is 51.1 Å². The van der Waals surface area contributed by atoms with Crippen molar-refractivity contribution >= 4 is 15.7 Å². The van der Waals surface area contributed by atoms with Crippen molar-refractivity contribution in [1.82, 2.24) is 4.72 Å². The number of anilines is 1. The minimum absolute atomic E-state index is 0.128. The molecule has 6 heteroatoms. The van der Waals surface area contributed by atoms with Crippen LogP contribution in [-0.4, -0.2) is 14.5 Å². The minimum atomic E-state index is -3.43. The standard InChI is InChI=1S/C15H20N2O3S/c1-11(2)17-21(18,19)15-6-4-14(5-7-15)16-10-13-8-9-20-12(13)3/h4-9,11,16-17H,10H2,1-3H3. The minimum Gasteiger partial charge on any atom is -0.469 e. The van der Waals surface area contributed by atoms with E-state index in [0.29, 0.717) is 6.54 Å². The SMILES string of the molecule is Cc1occc1CNc1ccc(S(=O)(=O)NC(C)C)cc1. The van der Waals surface area contributed by atoms with Crippen molar-refractivity contribution in [2.45, 2.75) is 38.3 Å². The molecule has 1 aromatic carbocycles. The molecule has 0 bridgehead atoms. The molecule has 2 rings (SSSR count). The topological polar surface area (TPSA) is 71.3 Å². The average molecular weight is 308 g/mol. The van der Waals surface area contributed by atoms with E-state index >= 15 is 0 Å². The van der Waals surface area contributed by atoms with Crippen molar-refractivity contribution in [3.05, 3.63) is 47.9 Å². The van der Waals surface area contributed by atoms with Gasteiger partial charge >= 0.3 is 0 Å². The van der Waals surface area contributed by atoms with Crippen molar-refractivity contribution in [3.8, 4) is 0 Å². The van der Waals surface area contributed by atoms with Gasteiger partial charge in [-0.1, -0.05) is 0 Å². The summed E-state index contributed by atoms with van der Waals surface area (Å²) in [5, 5.41) is 3.23. The van der Waals surface area contributed by atoms with Gasteiger partial charge in [0.2, 0.25) is 10.0 Å². The lowest BCUT2D eigenvalue weighted by atomic mass is 10.2. The zero-order chi connectivity index (χ0) is 15.5. The summed E-state index contributed by atoms with van der Waals surface area (Å²) in [6.07, 6.45) is 1.65. The van der Waals surface area contributed by atoms with Crippen LogP contribution in [0.2, 0.25) is 0 Å². The fraction of sp³-hybridized carbons (Fsp3) is 0.333. The van der Waals surface area contributed by atoms with Gasteiger partial charge in [0, 0.05) is 23.8 Å². The third-order valence-electron chi connectivity index (χ3n) is 3.00. The van der Waals surface area contributed by atoms with E-state index in [1.54, 1.807) is 44.4 Å². The van der Waals surface area contributed by atoms with Gasteiger partial charge in [-0.15, -0.1) is 0 Å². The lowest BCUT2D eigenvalue weighted by Crippen LogP contribution is -2.30. The number of hydrogen-bond acceptors (Lipinski definition) is 4. The van der Waals surface area contributed by atoms with E-state index in [-0.39, 0.29) is 10.9 Å². The second-order valence-corrected chi connectivity index (χ2v) is 6.87. The van der Waals surface area contributed by atoms with Gasteiger partial charge in [-0.2, -0.15) is 0 Å². The van der Waals surface area contributed by atoms with Crippen LogP contribution in [0.1, 0.15) is 25.2 Å². The van der Waals surface area contributed by atoms with E-state index < -0.39 is 10.0 Å². The Bertz CT molecular complexity index is 688. The maximum atomic E-state index is 12.0. The molecule has 0 aliphatic heterocycles. The Labute approximate surface area is 125 Å².